The van der Waals surface area contributed by atoms with E-state index in [1.165, 1.54) is 4.90 Å². The maximum absolute atomic E-state index is 17.9. The maximum Gasteiger partial charge on any atom is 0.321 e. The molecule has 5 fully saturated rings. The number of nitrogens with one attached hydrogen (secondary N) is 2. The van der Waals surface area contributed by atoms with Crippen molar-refractivity contribution in [2.24, 2.45) is 5.73 Å². The number of rotatable bonds is 43. The third kappa shape index (κ3) is 24.5. The lowest BCUT2D eigenvalue weighted by Crippen LogP contribution is -2.66. The number of hydrogen-bond acceptors (Lipinski definition) is 20. The standard InChI is InChI=1S/C108H112N4O20/c109-105(113)110-61-89-91(117-65-79-41-17-3-18-42-79)93(119-67-81-45-21-5-22-46-81)95(121-69-83-49-25-7-26-50-83)103(127-89)131-107(75-115-63-77-37-13-1-14-38-77)99(125-73-87-57-33-11-34-58-87)97(123-71-85-53-29-9-30-54-85)101(129-107)112-102-98(124-72-86-55-31-10-32-56-86)100(126-74-88-59-35-12-36-60-88)108(130-102,76-116-64-78-39-15-2-16-40-78)132-104-96(122-70-84-51-27-8-28-52-84)94(120-68-82-47-23-6-24-48-82)92(90(128-104)62-111-106(112)114)118-66-80-43-19-4-20-44-80/h1-60,89-104H,61-76H2,(H,111,114)(H3,109,110,113)/t89-,90-,91-,92-,93+,94+,95-,96-,97+,98+,99+,100+,101+,102+,103-,104-,107+,108+/m1/s1. The monoisotopic (exact) mass is 1780 g/mol. The Morgan fingerprint density at radius 3 is 1.00 bits per heavy atom. The molecule has 684 valence electrons. The number of fused-ring (bicyclic) bond motifs is 4. The highest BCUT2D eigenvalue weighted by atomic mass is 16.8. The Hall–Kier alpha value is -11.5. The molecule has 5 aliphatic rings. The smallest absolute Gasteiger partial charge is 0.321 e. The van der Waals surface area contributed by atoms with Crippen LogP contribution in [0.2, 0.25) is 0 Å². The number of ether oxygens (including phenoxy) is 18. The second-order valence-corrected chi connectivity index (χ2v) is 33.3. The molecule has 12 aromatic carbocycles. The fourth-order valence-electron chi connectivity index (χ4n) is 17.3. The van der Waals surface area contributed by atoms with E-state index in [-0.39, 0.29) is 92.4 Å². The van der Waals surface area contributed by atoms with E-state index in [4.69, 9.17) is 91.0 Å². The molecule has 0 aromatic heterocycles. The van der Waals surface area contributed by atoms with Gasteiger partial charge in [0.25, 0.3) is 0 Å². The molecule has 0 unspecified atom stereocenters. The number of amides is 4. The minimum Gasteiger partial charge on any atom is -0.371 e. The van der Waals surface area contributed by atoms with Crippen molar-refractivity contribution in [2.45, 2.75) is 189 Å². The molecule has 0 radical (unpaired) electrons. The van der Waals surface area contributed by atoms with E-state index < -0.39 is 135 Å². The van der Waals surface area contributed by atoms with Crippen LogP contribution in [0.5, 0.6) is 0 Å². The molecule has 17 rings (SSSR count). The molecule has 18 atom stereocenters. The average molecular weight is 1790 g/mol. The van der Waals surface area contributed by atoms with Crippen LogP contribution in [0.3, 0.4) is 0 Å². The minimum absolute atomic E-state index is 0.0134. The van der Waals surface area contributed by atoms with Gasteiger partial charge in [-0.2, -0.15) is 0 Å². The van der Waals surface area contributed by atoms with Crippen LogP contribution in [0.15, 0.2) is 364 Å². The van der Waals surface area contributed by atoms with Gasteiger partial charge in [-0.25, -0.2) is 9.59 Å². The van der Waals surface area contributed by atoms with Crippen molar-refractivity contribution in [3.63, 3.8) is 0 Å². The van der Waals surface area contributed by atoms with Gasteiger partial charge in [0.15, 0.2) is 25.0 Å². The molecule has 5 aliphatic heterocycles. The molecule has 0 aliphatic carbocycles. The van der Waals surface area contributed by atoms with Crippen molar-refractivity contribution in [2.75, 3.05) is 26.3 Å². The Balaban J connectivity index is 0.879. The second-order valence-electron chi connectivity index (χ2n) is 33.3. The van der Waals surface area contributed by atoms with Crippen LogP contribution < -0.4 is 16.4 Å². The van der Waals surface area contributed by atoms with Crippen molar-refractivity contribution >= 4 is 12.1 Å². The van der Waals surface area contributed by atoms with Crippen molar-refractivity contribution in [3.8, 4) is 0 Å². The van der Waals surface area contributed by atoms with Crippen LogP contribution in [0, 0.1) is 0 Å². The van der Waals surface area contributed by atoms with Gasteiger partial charge in [0.05, 0.1) is 79.3 Å². The molecule has 24 nitrogen and oxygen atoms in total. The second kappa shape index (κ2) is 46.7. The molecule has 24 heteroatoms. The number of benzene rings is 12. The first-order chi connectivity index (χ1) is 65.1. The third-order valence-corrected chi connectivity index (χ3v) is 23.9. The zero-order valence-corrected chi connectivity index (χ0v) is 73.4. The molecular weight excluding hydrogens is 1670 g/mol. The van der Waals surface area contributed by atoms with E-state index in [2.05, 4.69) is 10.6 Å². The fourth-order valence-corrected chi connectivity index (χ4v) is 17.3. The quantitative estimate of drug-likeness (QED) is 0.0321. The molecule has 4 bridgehead atoms. The Kier molecular flexibility index (Phi) is 32.7. The molecule has 4 N–H and O–H groups in total. The van der Waals surface area contributed by atoms with Gasteiger partial charge in [-0.3, -0.25) is 4.90 Å². The highest BCUT2D eigenvalue weighted by Gasteiger charge is 2.69. The van der Waals surface area contributed by atoms with Crippen LogP contribution >= 0.6 is 0 Å². The van der Waals surface area contributed by atoms with Crippen molar-refractivity contribution in [1.82, 2.24) is 15.5 Å². The lowest BCUT2D eigenvalue weighted by atomic mass is 9.96. The van der Waals surface area contributed by atoms with Crippen LogP contribution in [0.1, 0.15) is 66.8 Å². The summed E-state index contributed by atoms with van der Waals surface area (Å²) in [4.78, 5) is 32.7. The van der Waals surface area contributed by atoms with Gasteiger partial charge in [0.1, 0.15) is 86.5 Å². The SMILES string of the molecule is NC(=O)NC[C@H]1O[C@H](O[C@]2(COCc3ccccc3)O[C@H](N3C(=O)NC[C@H]4O[C@H](O[C@]5(COCc6ccccc6)O[C@H]3[C@@H](OCc3ccccc3)[C@@H]5OCc3ccccc3)[C@H](OCc3ccccc3)[C@@H](OCc3ccccc3)[C@@H]4OCc3ccccc3)[C@@H](OCc3ccccc3)[C@@H]2OCc2ccccc2)[C@H](OCc2ccccc2)[C@@H](OCc2ccccc2)[C@@H]1OCc1ccccc1. The van der Waals surface area contributed by atoms with Crippen LogP contribution in [0.4, 0.5) is 9.59 Å². The maximum atomic E-state index is 17.9. The summed E-state index contributed by atoms with van der Waals surface area (Å²) in [6, 6.07) is 115. The summed E-state index contributed by atoms with van der Waals surface area (Å²) in [6.07, 6.45) is -21.3. The van der Waals surface area contributed by atoms with Crippen LogP contribution in [-0.2, 0) is 165 Å². The molecule has 4 amide bonds. The third-order valence-electron chi connectivity index (χ3n) is 23.9. The van der Waals surface area contributed by atoms with Crippen molar-refractivity contribution in [3.05, 3.63) is 431 Å². The molecule has 0 saturated carbocycles. The number of carbonyl (C=O) groups excluding carboxylic acids is 2. The highest BCUT2D eigenvalue weighted by Crippen LogP contribution is 2.49. The first-order valence-electron chi connectivity index (χ1n) is 45.0. The molecule has 5 heterocycles. The highest BCUT2D eigenvalue weighted by molar-refractivity contribution is 5.75. The van der Waals surface area contributed by atoms with E-state index in [1.54, 1.807) is 0 Å². The summed E-state index contributed by atoms with van der Waals surface area (Å²) < 4.78 is 137. The van der Waals surface area contributed by atoms with Gasteiger partial charge in [-0.05, 0) is 66.8 Å². The summed E-state index contributed by atoms with van der Waals surface area (Å²) in [5.74, 6) is -4.57. The number of primary amides is 1. The van der Waals surface area contributed by atoms with Crippen molar-refractivity contribution in [1.29, 1.82) is 0 Å². The lowest BCUT2D eigenvalue weighted by molar-refractivity contribution is -0.403. The topological polar surface area (TPSA) is 254 Å². The molecule has 0 spiro atoms. The van der Waals surface area contributed by atoms with E-state index >= 15 is 4.79 Å². The van der Waals surface area contributed by atoms with Crippen LogP contribution in [0.25, 0.3) is 0 Å². The van der Waals surface area contributed by atoms with Gasteiger partial charge in [0.2, 0.25) is 11.6 Å². The number of nitrogens with zero attached hydrogens (tertiary/aromatic N) is 1. The summed E-state index contributed by atoms with van der Waals surface area (Å²) in [7, 11) is 0. The van der Waals surface area contributed by atoms with E-state index in [1.807, 2.05) is 364 Å². The van der Waals surface area contributed by atoms with Gasteiger partial charge < -0.3 is 102 Å². The normalized spacial score (nSPS) is 25.8. The Labute approximate surface area is 770 Å². The van der Waals surface area contributed by atoms with E-state index in [9.17, 15) is 4.79 Å². The summed E-state index contributed by atoms with van der Waals surface area (Å²) in [5.41, 5.74) is 15.7. The molecule has 12 aromatic rings. The Morgan fingerprint density at radius 1 is 0.326 bits per heavy atom. The average Bonchev–Trinajstić information content (AvgIpc) is 1.47. The molecule has 132 heavy (non-hydrogen) atoms. The van der Waals surface area contributed by atoms with Crippen LogP contribution in [-0.4, -0.2) is 153 Å². The summed E-state index contributed by atoms with van der Waals surface area (Å²) in [5, 5.41) is 6.25. The van der Waals surface area contributed by atoms with Gasteiger partial charge >= 0.3 is 12.1 Å². The zero-order chi connectivity index (χ0) is 89.8. The lowest BCUT2D eigenvalue weighted by Gasteiger charge is -2.48. The summed E-state index contributed by atoms with van der Waals surface area (Å²) >= 11 is 0. The number of nitrogens with two attached hydrogens (primary N) is 1. The fraction of sp³-hybridized carbons (Fsp3) is 0.315. The summed E-state index contributed by atoms with van der Waals surface area (Å²) in [6.45, 7) is -1.44. The van der Waals surface area contributed by atoms with Gasteiger partial charge in [-0.1, -0.05) is 364 Å². The van der Waals surface area contributed by atoms with Gasteiger partial charge in [0, 0.05) is 13.1 Å². The molecular formula is C108H112N4O20. The number of urea groups is 2. The Bertz CT molecular complexity index is 5390. The zero-order valence-electron chi connectivity index (χ0n) is 73.4. The van der Waals surface area contributed by atoms with Gasteiger partial charge in [-0.15, -0.1) is 0 Å². The van der Waals surface area contributed by atoms with Crippen molar-refractivity contribution < 1.29 is 94.9 Å². The minimum atomic E-state index is -2.35. The predicted molar refractivity (Wildman–Crippen MR) is 490 cm³/mol. The number of hydrogen-bond donors (Lipinski definition) is 3. The first-order valence-corrected chi connectivity index (χ1v) is 45.0. The largest absolute Gasteiger partial charge is 0.371 e. The van der Waals surface area contributed by atoms with E-state index in [0.29, 0.717) is 0 Å². The van der Waals surface area contributed by atoms with E-state index in [0.717, 1.165) is 66.8 Å². The number of carbonyl (C=O) groups is 2. The Morgan fingerprint density at radius 2 is 0.621 bits per heavy atom. The molecule has 5 saturated heterocycles. The predicted octanol–water partition coefficient (Wildman–Crippen LogP) is 16.6. The first kappa shape index (κ1) is 92.3.